The Labute approximate surface area is 206 Å². The number of hydrogen-bond acceptors (Lipinski definition) is 6. The van der Waals surface area contributed by atoms with Crippen LogP contribution in [0.4, 0.5) is 13.6 Å². The molecule has 9 heteroatoms. The minimum absolute atomic E-state index is 0.00753. The van der Waals surface area contributed by atoms with Gasteiger partial charge < -0.3 is 23.8 Å². The van der Waals surface area contributed by atoms with Crippen LogP contribution in [0.15, 0.2) is 11.6 Å². The van der Waals surface area contributed by atoms with E-state index in [1.807, 2.05) is 4.90 Å². The van der Waals surface area contributed by atoms with Gasteiger partial charge >= 0.3 is 6.09 Å². The van der Waals surface area contributed by atoms with E-state index in [1.54, 1.807) is 12.0 Å². The van der Waals surface area contributed by atoms with Crippen molar-refractivity contribution >= 4 is 6.09 Å². The van der Waals surface area contributed by atoms with E-state index >= 15 is 0 Å². The number of ether oxygens (including phenoxy) is 4. The third-order valence-electron chi connectivity index (χ3n) is 9.50. The minimum Gasteiger partial charge on any atom is -0.443 e. The summed E-state index contributed by atoms with van der Waals surface area (Å²) < 4.78 is 50.5. The monoisotopic (exact) mass is 496 g/mol. The third-order valence-corrected chi connectivity index (χ3v) is 9.50. The van der Waals surface area contributed by atoms with E-state index in [-0.39, 0.29) is 54.6 Å². The second kappa shape index (κ2) is 8.10. The molecule has 0 aromatic rings. The Morgan fingerprint density at radius 1 is 1.20 bits per heavy atom. The average Bonchev–Trinajstić information content (AvgIpc) is 3.73. The van der Waals surface area contributed by atoms with Crippen molar-refractivity contribution in [3.8, 4) is 0 Å². The first kappa shape index (κ1) is 24.1. The van der Waals surface area contributed by atoms with Gasteiger partial charge in [-0.25, -0.2) is 13.6 Å². The normalized spacial score (nSPS) is 47.1. The molecule has 0 N–H and O–H groups in total. The molecule has 35 heavy (non-hydrogen) atoms. The second-order valence-electron chi connectivity index (χ2n) is 12.2. The summed E-state index contributed by atoms with van der Waals surface area (Å²) in [6, 6.07) is 0. The molecule has 1 spiro atoms. The minimum atomic E-state index is -2.52. The first-order chi connectivity index (χ1) is 16.6. The predicted molar refractivity (Wildman–Crippen MR) is 123 cm³/mol. The van der Waals surface area contributed by atoms with Crippen molar-refractivity contribution in [3.63, 3.8) is 0 Å². The van der Waals surface area contributed by atoms with Crippen LogP contribution in [-0.4, -0.2) is 97.8 Å². The Balaban J connectivity index is 1.05. The van der Waals surface area contributed by atoms with E-state index in [9.17, 15) is 13.6 Å². The topological polar surface area (TPSA) is 67.1 Å². The highest BCUT2D eigenvalue weighted by Gasteiger charge is 2.72. The predicted octanol–water partition coefficient (Wildman–Crippen LogP) is 3.33. The molecule has 0 aromatic carbocycles. The molecule has 1 unspecified atom stereocenters. The number of allylic oxidation sites excluding steroid dienone is 1. The molecule has 0 aromatic heterocycles. The summed E-state index contributed by atoms with van der Waals surface area (Å²) in [6.07, 6.45) is 3.82. The van der Waals surface area contributed by atoms with Crippen molar-refractivity contribution in [1.82, 2.24) is 9.80 Å². The highest BCUT2D eigenvalue weighted by Crippen LogP contribution is 2.60. The first-order valence-electron chi connectivity index (χ1n) is 13.1. The summed E-state index contributed by atoms with van der Waals surface area (Å²) in [5.74, 6) is -1.27. The number of carbonyl (C=O) groups excluding carboxylic acids is 1. The van der Waals surface area contributed by atoms with Gasteiger partial charge in [-0.3, -0.25) is 4.90 Å². The van der Waals surface area contributed by atoms with Gasteiger partial charge in [0, 0.05) is 26.7 Å². The number of halogens is 2. The smallest absolute Gasteiger partial charge is 0.410 e. The zero-order chi connectivity index (χ0) is 24.8. The number of carbonyl (C=O) groups is 1. The molecule has 7 nitrogen and oxygen atoms in total. The molecule has 4 heterocycles. The van der Waals surface area contributed by atoms with Crippen LogP contribution in [0.5, 0.6) is 0 Å². The van der Waals surface area contributed by atoms with Crippen molar-refractivity contribution in [2.24, 2.45) is 23.7 Å². The second-order valence-corrected chi connectivity index (χ2v) is 12.2. The number of nitrogens with zero attached hydrogens (tertiary/aromatic N) is 2. The molecule has 2 saturated carbocycles. The maximum absolute atomic E-state index is 13.1. The lowest BCUT2D eigenvalue weighted by Gasteiger charge is -2.43. The van der Waals surface area contributed by atoms with Crippen molar-refractivity contribution in [2.75, 3.05) is 46.4 Å². The van der Waals surface area contributed by atoms with Crippen molar-refractivity contribution in [3.05, 3.63) is 11.6 Å². The Kier molecular flexibility index (Phi) is 5.57. The zero-order valence-corrected chi connectivity index (χ0v) is 21.2. The van der Waals surface area contributed by atoms with Crippen LogP contribution < -0.4 is 0 Å². The molecular weight excluding hydrogens is 458 g/mol. The number of fused-ring (bicyclic) bond motifs is 1. The maximum atomic E-state index is 13.1. The molecule has 0 bridgehead atoms. The van der Waals surface area contributed by atoms with Gasteiger partial charge in [0.2, 0.25) is 0 Å². The number of amides is 1. The highest BCUT2D eigenvalue weighted by molar-refractivity contribution is 5.68. The van der Waals surface area contributed by atoms with Crippen LogP contribution in [0.2, 0.25) is 0 Å². The molecule has 9 atom stereocenters. The Morgan fingerprint density at radius 2 is 1.89 bits per heavy atom. The van der Waals surface area contributed by atoms with Gasteiger partial charge in [0.05, 0.1) is 31.7 Å². The fraction of sp³-hybridized carbons (Fsp3) is 0.885. The van der Waals surface area contributed by atoms with E-state index in [0.29, 0.717) is 43.9 Å². The van der Waals surface area contributed by atoms with Crippen LogP contribution in [-0.2, 0) is 18.9 Å². The van der Waals surface area contributed by atoms with Crippen molar-refractivity contribution in [2.45, 2.75) is 75.5 Å². The van der Waals surface area contributed by atoms with Gasteiger partial charge in [-0.2, -0.15) is 0 Å². The van der Waals surface area contributed by atoms with Crippen molar-refractivity contribution in [1.29, 1.82) is 0 Å². The molecule has 6 aliphatic rings. The van der Waals surface area contributed by atoms with E-state index in [1.165, 1.54) is 5.57 Å². The van der Waals surface area contributed by atoms with Crippen LogP contribution >= 0.6 is 0 Å². The summed E-state index contributed by atoms with van der Waals surface area (Å²) >= 11 is 0. The fourth-order valence-corrected chi connectivity index (χ4v) is 7.38. The summed E-state index contributed by atoms with van der Waals surface area (Å²) in [5.41, 5.74) is 0.672. The zero-order valence-electron chi connectivity index (χ0n) is 21.2. The summed E-state index contributed by atoms with van der Waals surface area (Å²) in [5, 5.41) is 0. The van der Waals surface area contributed by atoms with Crippen molar-refractivity contribution < 1.29 is 32.5 Å². The Morgan fingerprint density at radius 3 is 2.46 bits per heavy atom. The number of hydrogen-bond donors (Lipinski definition) is 0. The molecule has 196 valence electrons. The first-order valence-corrected chi connectivity index (χ1v) is 13.1. The molecule has 2 aliphatic carbocycles. The quantitative estimate of drug-likeness (QED) is 0.398. The van der Waals surface area contributed by atoms with E-state index in [4.69, 9.17) is 18.9 Å². The largest absolute Gasteiger partial charge is 0.443 e. The van der Waals surface area contributed by atoms with Gasteiger partial charge in [0.15, 0.2) is 0 Å². The highest BCUT2D eigenvalue weighted by atomic mass is 19.3. The van der Waals surface area contributed by atoms with Crippen LogP contribution in [0.25, 0.3) is 0 Å². The van der Waals surface area contributed by atoms with Gasteiger partial charge in [-0.05, 0) is 57.8 Å². The fourth-order valence-electron chi connectivity index (χ4n) is 7.38. The number of methoxy groups -OCH3 is 1. The van der Waals surface area contributed by atoms with E-state index in [2.05, 4.69) is 26.8 Å². The lowest BCUT2D eigenvalue weighted by molar-refractivity contribution is -0.132. The molecule has 4 aliphatic heterocycles. The molecule has 6 rings (SSSR count). The number of epoxide rings is 2. The summed E-state index contributed by atoms with van der Waals surface area (Å²) in [4.78, 5) is 16.7. The lowest BCUT2D eigenvalue weighted by Crippen LogP contribution is -2.57. The van der Waals surface area contributed by atoms with Crippen LogP contribution in [0.1, 0.15) is 40.0 Å². The van der Waals surface area contributed by atoms with Crippen LogP contribution in [0, 0.1) is 23.7 Å². The maximum Gasteiger partial charge on any atom is 0.410 e. The number of rotatable bonds is 7. The van der Waals surface area contributed by atoms with Gasteiger partial charge in [-0.15, -0.1) is 0 Å². The Hall–Kier alpha value is -1.29. The third kappa shape index (κ3) is 4.20. The average molecular weight is 497 g/mol. The van der Waals surface area contributed by atoms with Gasteiger partial charge in [0.1, 0.15) is 23.4 Å². The number of alkyl halides is 2. The summed E-state index contributed by atoms with van der Waals surface area (Å²) in [6.45, 7) is 8.81. The van der Waals surface area contributed by atoms with E-state index < -0.39 is 5.92 Å². The Bertz CT molecular complexity index is 886. The summed E-state index contributed by atoms with van der Waals surface area (Å²) in [7, 11) is 1.69. The molecule has 4 saturated heterocycles. The SMILES string of the molecule is CO[C@@H]1[C@H](OC(=O)N2C[C@@H]3C(CN4CC(F)(F)C4)[C@@H]3C2)CC[C@]2(CO2)[C@H]1[C@@]1(C)O[C@@H]1CC=C(C)C. The molecule has 1 amide bonds. The molecular formula is C26H38F2N2O5. The number of likely N-dealkylation sites (tertiary alicyclic amines) is 2. The van der Waals surface area contributed by atoms with Crippen LogP contribution in [0.3, 0.4) is 0 Å². The number of piperidine rings is 1. The molecule has 6 fully saturated rings. The molecule has 0 radical (unpaired) electrons. The van der Waals surface area contributed by atoms with Gasteiger partial charge in [-0.1, -0.05) is 11.6 Å². The van der Waals surface area contributed by atoms with E-state index in [0.717, 1.165) is 19.4 Å². The van der Waals surface area contributed by atoms with Gasteiger partial charge in [0.25, 0.3) is 5.92 Å². The lowest BCUT2D eigenvalue weighted by atomic mass is 9.68. The standard InChI is InChI=1S/C26H38F2N2O5/c1-15(2)5-6-20-24(3,35-20)22-21(32-4)19(7-8-25(22)14-33-25)34-23(31)30-10-17-16(18(17)11-30)9-29-12-26(27,28)13-29/h5,16-22H,6-14H2,1-4H3/t16?,17-,18+,19-,20-,21-,22-,24+,25+/m1/s1.